The SMILES string of the molecule is O=S1(=O)CCC(n2nnc3cccc(Br)c32)CC1. The molecule has 1 aromatic heterocycles. The number of sulfone groups is 1. The van der Waals surface area contributed by atoms with Gasteiger partial charge >= 0.3 is 0 Å². The van der Waals surface area contributed by atoms with Crippen molar-refractivity contribution in [1.82, 2.24) is 15.0 Å². The number of rotatable bonds is 1. The van der Waals surface area contributed by atoms with E-state index in [9.17, 15) is 8.42 Å². The molecule has 0 atom stereocenters. The van der Waals surface area contributed by atoms with Crippen LogP contribution in [0, 0.1) is 0 Å². The minimum absolute atomic E-state index is 0.122. The molecule has 1 saturated heterocycles. The van der Waals surface area contributed by atoms with Crippen molar-refractivity contribution in [2.24, 2.45) is 0 Å². The molecule has 1 fully saturated rings. The van der Waals surface area contributed by atoms with Gasteiger partial charge in [-0.1, -0.05) is 11.3 Å². The third-order valence-electron chi connectivity index (χ3n) is 3.31. The molecule has 0 aliphatic carbocycles. The Morgan fingerprint density at radius 2 is 2.00 bits per heavy atom. The van der Waals surface area contributed by atoms with Crippen molar-refractivity contribution in [3.8, 4) is 0 Å². The molecule has 0 unspecified atom stereocenters. The minimum Gasteiger partial charge on any atom is -0.240 e. The standard InChI is InChI=1S/C11H12BrN3O2S/c12-9-2-1-3-10-11(9)15(14-13-10)8-4-6-18(16,17)7-5-8/h1-3,8H,4-7H2. The first-order chi connectivity index (χ1) is 8.57. The molecule has 0 spiro atoms. The third-order valence-corrected chi connectivity index (χ3v) is 5.67. The van der Waals surface area contributed by atoms with Crippen LogP contribution in [0.3, 0.4) is 0 Å². The average Bonchev–Trinajstić information content (AvgIpc) is 2.74. The molecule has 2 aromatic rings. The molecule has 1 aliphatic heterocycles. The van der Waals surface area contributed by atoms with Gasteiger partial charge in [-0.25, -0.2) is 13.1 Å². The van der Waals surface area contributed by atoms with Crippen LogP contribution in [0.25, 0.3) is 11.0 Å². The van der Waals surface area contributed by atoms with E-state index in [-0.39, 0.29) is 17.5 Å². The third kappa shape index (κ3) is 2.05. The number of fused-ring (bicyclic) bond motifs is 1. The summed E-state index contributed by atoms with van der Waals surface area (Å²) in [6.45, 7) is 0. The Morgan fingerprint density at radius 1 is 1.28 bits per heavy atom. The Kier molecular flexibility index (Phi) is 2.90. The first-order valence-corrected chi connectivity index (χ1v) is 8.38. The fraction of sp³-hybridized carbons (Fsp3) is 0.455. The van der Waals surface area contributed by atoms with Gasteiger partial charge < -0.3 is 0 Å². The predicted octanol–water partition coefficient (Wildman–Crippen LogP) is 1.94. The summed E-state index contributed by atoms with van der Waals surface area (Å²) < 4.78 is 25.7. The van der Waals surface area contributed by atoms with Crippen LogP contribution in [-0.2, 0) is 9.84 Å². The van der Waals surface area contributed by atoms with Gasteiger partial charge in [0, 0.05) is 4.47 Å². The second-order valence-corrected chi connectivity index (χ2v) is 7.68. The van der Waals surface area contributed by atoms with E-state index < -0.39 is 9.84 Å². The lowest BCUT2D eigenvalue weighted by atomic mass is 10.1. The van der Waals surface area contributed by atoms with Gasteiger partial charge in [-0.3, -0.25) is 0 Å². The van der Waals surface area contributed by atoms with Gasteiger partial charge in [0.1, 0.15) is 20.9 Å². The van der Waals surface area contributed by atoms with Crippen LogP contribution in [0.2, 0.25) is 0 Å². The zero-order valence-corrected chi connectivity index (χ0v) is 12.0. The molecule has 2 heterocycles. The van der Waals surface area contributed by atoms with E-state index in [1.807, 2.05) is 22.9 Å². The molecule has 0 radical (unpaired) electrons. The van der Waals surface area contributed by atoms with E-state index in [1.54, 1.807) is 0 Å². The fourth-order valence-electron chi connectivity index (χ4n) is 2.33. The average molecular weight is 330 g/mol. The van der Waals surface area contributed by atoms with Gasteiger partial charge in [0.25, 0.3) is 0 Å². The normalized spacial score (nSPS) is 20.3. The van der Waals surface area contributed by atoms with Gasteiger partial charge in [-0.15, -0.1) is 5.10 Å². The molecule has 0 bridgehead atoms. The molecule has 0 amide bonds. The Bertz CT molecular complexity index is 681. The number of benzene rings is 1. The fourth-order valence-corrected chi connectivity index (χ4v) is 4.33. The van der Waals surface area contributed by atoms with Crippen LogP contribution >= 0.6 is 15.9 Å². The molecule has 0 saturated carbocycles. The highest BCUT2D eigenvalue weighted by atomic mass is 79.9. The largest absolute Gasteiger partial charge is 0.240 e. The molecule has 5 nitrogen and oxygen atoms in total. The molecule has 1 aromatic carbocycles. The monoisotopic (exact) mass is 329 g/mol. The highest BCUT2D eigenvalue weighted by Gasteiger charge is 2.26. The van der Waals surface area contributed by atoms with Crippen LogP contribution in [0.4, 0.5) is 0 Å². The second kappa shape index (κ2) is 4.31. The van der Waals surface area contributed by atoms with E-state index in [0.717, 1.165) is 15.5 Å². The van der Waals surface area contributed by atoms with E-state index in [2.05, 4.69) is 26.2 Å². The van der Waals surface area contributed by atoms with E-state index >= 15 is 0 Å². The molecule has 7 heteroatoms. The number of nitrogens with zero attached hydrogens (tertiary/aromatic N) is 3. The lowest BCUT2D eigenvalue weighted by molar-refractivity contribution is 0.414. The lowest BCUT2D eigenvalue weighted by Gasteiger charge is -2.22. The Hall–Kier alpha value is -0.950. The molecule has 0 N–H and O–H groups in total. The van der Waals surface area contributed by atoms with Crippen LogP contribution in [0.5, 0.6) is 0 Å². The maximum Gasteiger partial charge on any atom is 0.150 e. The molecule has 3 rings (SSSR count). The Balaban J connectivity index is 2.01. The summed E-state index contributed by atoms with van der Waals surface area (Å²) in [5, 5.41) is 8.29. The van der Waals surface area contributed by atoms with E-state index in [4.69, 9.17) is 0 Å². The summed E-state index contributed by atoms with van der Waals surface area (Å²) in [6, 6.07) is 5.89. The van der Waals surface area contributed by atoms with E-state index in [1.165, 1.54) is 0 Å². The number of aromatic nitrogens is 3. The van der Waals surface area contributed by atoms with Crippen LogP contribution in [0.1, 0.15) is 18.9 Å². The number of hydrogen-bond acceptors (Lipinski definition) is 4. The van der Waals surface area contributed by atoms with Crippen molar-refractivity contribution >= 4 is 36.8 Å². The molecular weight excluding hydrogens is 318 g/mol. The van der Waals surface area contributed by atoms with E-state index in [0.29, 0.717) is 12.8 Å². The van der Waals surface area contributed by atoms with Gasteiger partial charge in [0.2, 0.25) is 0 Å². The van der Waals surface area contributed by atoms with Gasteiger partial charge in [-0.05, 0) is 40.9 Å². The lowest BCUT2D eigenvalue weighted by Crippen LogP contribution is -2.26. The minimum atomic E-state index is -2.84. The topological polar surface area (TPSA) is 64.8 Å². The zero-order valence-electron chi connectivity index (χ0n) is 9.58. The number of halogens is 1. The van der Waals surface area contributed by atoms with Gasteiger partial charge in [-0.2, -0.15) is 0 Å². The summed E-state index contributed by atoms with van der Waals surface area (Å²) in [5.74, 6) is 0.479. The summed E-state index contributed by atoms with van der Waals surface area (Å²) in [5.41, 5.74) is 1.78. The van der Waals surface area contributed by atoms with Gasteiger partial charge in [0.15, 0.2) is 0 Å². The number of hydrogen-bond donors (Lipinski definition) is 0. The highest BCUT2D eigenvalue weighted by molar-refractivity contribution is 9.10. The molecule has 18 heavy (non-hydrogen) atoms. The van der Waals surface area contributed by atoms with Crippen molar-refractivity contribution in [3.05, 3.63) is 22.7 Å². The smallest absolute Gasteiger partial charge is 0.150 e. The summed E-state index contributed by atoms with van der Waals surface area (Å²) in [4.78, 5) is 0. The maximum absolute atomic E-state index is 11.4. The van der Waals surface area contributed by atoms with Crippen molar-refractivity contribution in [2.45, 2.75) is 18.9 Å². The quantitative estimate of drug-likeness (QED) is 0.802. The number of para-hydroxylation sites is 1. The van der Waals surface area contributed by atoms with Crippen molar-refractivity contribution < 1.29 is 8.42 Å². The Morgan fingerprint density at radius 3 is 2.72 bits per heavy atom. The predicted molar refractivity (Wildman–Crippen MR) is 72.2 cm³/mol. The van der Waals surface area contributed by atoms with Crippen LogP contribution in [-0.4, -0.2) is 34.9 Å². The second-order valence-electron chi connectivity index (χ2n) is 4.52. The van der Waals surface area contributed by atoms with Crippen molar-refractivity contribution in [1.29, 1.82) is 0 Å². The summed E-state index contributed by atoms with van der Waals surface area (Å²) >= 11 is 3.50. The first-order valence-electron chi connectivity index (χ1n) is 5.77. The van der Waals surface area contributed by atoms with Crippen molar-refractivity contribution in [3.63, 3.8) is 0 Å². The summed E-state index contributed by atoms with van der Waals surface area (Å²) in [7, 11) is -2.84. The molecule has 1 aliphatic rings. The molecule has 96 valence electrons. The van der Waals surface area contributed by atoms with Crippen LogP contribution in [0.15, 0.2) is 22.7 Å². The molecular formula is C11H12BrN3O2S. The Labute approximate surface area is 113 Å². The zero-order chi connectivity index (χ0) is 12.8. The maximum atomic E-state index is 11.4. The van der Waals surface area contributed by atoms with Crippen molar-refractivity contribution in [2.75, 3.05) is 11.5 Å². The van der Waals surface area contributed by atoms with Crippen LogP contribution < -0.4 is 0 Å². The highest BCUT2D eigenvalue weighted by Crippen LogP contribution is 2.29. The first kappa shape index (κ1) is 12.1. The van der Waals surface area contributed by atoms with Gasteiger partial charge in [0.05, 0.1) is 17.5 Å². The summed E-state index contributed by atoms with van der Waals surface area (Å²) in [6.07, 6.45) is 1.23.